The van der Waals surface area contributed by atoms with E-state index in [1.54, 1.807) is 4.68 Å². The van der Waals surface area contributed by atoms with Crippen LogP contribution in [0.4, 0.5) is 0 Å². The van der Waals surface area contributed by atoms with E-state index in [1.807, 2.05) is 6.92 Å². The Bertz CT molecular complexity index is 475. The molecule has 0 N–H and O–H groups in total. The summed E-state index contributed by atoms with van der Waals surface area (Å²) in [7, 11) is -1.95. The second-order valence-electron chi connectivity index (χ2n) is 4.01. The largest absolute Gasteiger partial charge is 0.380 e. The van der Waals surface area contributed by atoms with E-state index in [9.17, 15) is 8.42 Å². The van der Waals surface area contributed by atoms with Crippen molar-refractivity contribution in [3.63, 3.8) is 0 Å². The summed E-state index contributed by atoms with van der Waals surface area (Å²) in [4.78, 5) is 0.195. The van der Waals surface area contributed by atoms with Crippen LogP contribution in [0, 0.1) is 0 Å². The zero-order valence-electron chi connectivity index (χ0n) is 11.2. The SMILES string of the molecule is CCOCCN(C)S(=O)(=O)c1cnn(CCCCl)c1. The Morgan fingerprint density at radius 1 is 1.53 bits per heavy atom. The summed E-state index contributed by atoms with van der Waals surface area (Å²) in [6, 6.07) is 0. The van der Waals surface area contributed by atoms with E-state index in [-0.39, 0.29) is 4.90 Å². The van der Waals surface area contributed by atoms with Gasteiger partial charge in [0.05, 0.1) is 12.8 Å². The molecule has 0 atom stereocenters. The fourth-order valence-corrected chi connectivity index (χ4v) is 2.69. The van der Waals surface area contributed by atoms with Crippen molar-refractivity contribution in [2.75, 3.05) is 32.7 Å². The van der Waals surface area contributed by atoms with E-state index in [0.717, 1.165) is 6.42 Å². The van der Waals surface area contributed by atoms with Gasteiger partial charge in [0.2, 0.25) is 10.0 Å². The quantitative estimate of drug-likeness (QED) is 0.507. The number of halogens is 1. The minimum atomic E-state index is -3.49. The molecule has 1 aromatic rings. The number of nitrogens with zero attached hydrogens (tertiary/aromatic N) is 3. The van der Waals surface area contributed by atoms with Gasteiger partial charge in [0.15, 0.2) is 0 Å². The number of aryl methyl sites for hydroxylation is 1. The molecule has 0 radical (unpaired) electrons. The van der Waals surface area contributed by atoms with Crippen molar-refractivity contribution in [2.24, 2.45) is 0 Å². The van der Waals surface area contributed by atoms with Crippen molar-refractivity contribution in [1.82, 2.24) is 14.1 Å². The van der Waals surface area contributed by atoms with E-state index in [0.29, 0.717) is 32.2 Å². The molecule has 0 unspecified atom stereocenters. The van der Waals surface area contributed by atoms with Crippen molar-refractivity contribution in [2.45, 2.75) is 24.8 Å². The molecular weight excluding hydrogens is 290 g/mol. The molecule has 1 heterocycles. The van der Waals surface area contributed by atoms with Gasteiger partial charge in [-0.25, -0.2) is 8.42 Å². The summed E-state index contributed by atoms with van der Waals surface area (Å²) in [5.41, 5.74) is 0. The first-order chi connectivity index (χ1) is 9.02. The van der Waals surface area contributed by atoms with Gasteiger partial charge in [-0.2, -0.15) is 9.40 Å². The summed E-state index contributed by atoms with van der Waals surface area (Å²) in [6.07, 6.45) is 3.64. The van der Waals surface area contributed by atoms with Crippen LogP contribution in [0.1, 0.15) is 13.3 Å². The van der Waals surface area contributed by atoms with E-state index < -0.39 is 10.0 Å². The van der Waals surface area contributed by atoms with Gasteiger partial charge in [0, 0.05) is 38.8 Å². The minimum absolute atomic E-state index is 0.195. The van der Waals surface area contributed by atoms with Crippen molar-refractivity contribution in [3.05, 3.63) is 12.4 Å². The minimum Gasteiger partial charge on any atom is -0.380 e. The smallest absolute Gasteiger partial charge is 0.246 e. The summed E-state index contributed by atoms with van der Waals surface area (Å²) in [6.45, 7) is 3.76. The van der Waals surface area contributed by atoms with Crippen LogP contribution in [0.5, 0.6) is 0 Å². The molecule has 0 fully saturated rings. The van der Waals surface area contributed by atoms with E-state index in [1.165, 1.54) is 23.7 Å². The van der Waals surface area contributed by atoms with Crippen molar-refractivity contribution in [1.29, 1.82) is 0 Å². The molecule has 1 rings (SSSR count). The maximum absolute atomic E-state index is 12.2. The maximum atomic E-state index is 12.2. The summed E-state index contributed by atoms with van der Waals surface area (Å²) in [5, 5.41) is 4.02. The number of sulfonamides is 1. The van der Waals surface area contributed by atoms with Crippen LogP contribution in [0.2, 0.25) is 0 Å². The number of hydrogen-bond donors (Lipinski definition) is 0. The summed E-state index contributed by atoms with van der Waals surface area (Å²) < 4.78 is 32.4. The fraction of sp³-hybridized carbons (Fsp3) is 0.727. The average molecular weight is 310 g/mol. The zero-order valence-corrected chi connectivity index (χ0v) is 12.8. The molecule has 0 saturated carbocycles. The highest BCUT2D eigenvalue weighted by atomic mass is 35.5. The fourth-order valence-electron chi connectivity index (χ4n) is 1.46. The second-order valence-corrected chi connectivity index (χ2v) is 6.43. The Morgan fingerprint density at radius 3 is 2.89 bits per heavy atom. The molecule has 0 aliphatic rings. The highest BCUT2D eigenvalue weighted by Crippen LogP contribution is 2.13. The Hall–Kier alpha value is -0.630. The molecule has 0 aliphatic heterocycles. The van der Waals surface area contributed by atoms with E-state index >= 15 is 0 Å². The van der Waals surface area contributed by atoms with Gasteiger partial charge in [-0.15, -0.1) is 11.6 Å². The first kappa shape index (κ1) is 16.4. The van der Waals surface area contributed by atoms with E-state index in [4.69, 9.17) is 16.3 Å². The Morgan fingerprint density at radius 2 is 2.26 bits per heavy atom. The lowest BCUT2D eigenvalue weighted by atomic mass is 10.5. The topological polar surface area (TPSA) is 64.4 Å². The highest BCUT2D eigenvalue weighted by molar-refractivity contribution is 7.89. The van der Waals surface area contributed by atoms with Gasteiger partial charge < -0.3 is 4.74 Å². The normalized spacial score (nSPS) is 12.2. The summed E-state index contributed by atoms with van der Waals surface area (Å²) >= 11 is 5.59. The predicted molar refractivity (Wildman–Crippen MR) is 73.9 cm³/mol. The molecule has 1 aromatic heterocycles. The van der Waals surface area contributed by atoms with Gasteiger partial charge >= 0.3 is 0 Å². The number of rotatable bonds is 9. The first-order valence-corrected chi connectivity index (χ1v) is 8.12. The lowest BCUT2D eigenvalue weighted by Crippen LogP contribution is -2.30. The standard InChI is InChI=1S/C11H20ClN3O3S/c1-3-18-8-7-14(2)19(16,17)11-9-13-15(10-11)6-4-5-12/h9-10H,3-8H2,1-2H3. The van der Waals surface area contributed by atoms with Gasteiger partial charge in [-0.05, 0) is 13.3 Å². The van der Waals surface area contributed by atoms with Gasteiger partial charge in [0.1, 0.15) is 4.90 Å². The molecule has 8 heteroatoms. The van der Waals surface area contributed by atoms with Crippen LogP contribution in [-0.2, 0) is 21.3 Å². The van der Waals surface area contributed by atoms with Crippen LogP contribution in [0.15, 0.2) is 17.3 Å². The monoisotopic (exact) mass is 309 g/mol. The second kappa shape index (κ2) is 7.84. The van der Waals surface area contributed by atoms with Crippen molar-refractivity contribution < 1.29 is 13.2 Å². The van der Waals surface area contributed by atoms with Crippen LogP contribution in [-0.4, -0.2) is 55.2 Å². The van der Waals surface area contributed by atoms with Crippen LogP contribution in [0.25, 0.3) is 0 Å². The van der Waals surface area contributed by atoms with E-state index in [2.05, 4.69) is 5.10 Å². The average Bonchev–Trinajstić information content (AvgIpc) is 2.85. The molecule has 19 heavy (non-hydrogen) atoms. The van der Waals surface area contributed by atoms with Crippen molar-refractivity contribution >= 4 is 21.6 Å². The molecule has 0 saturated heterocycles. The predicted octanol–water partition coefficient (Wildman–Crippen LogP) is 1.17. The van der Waals surface area contributed by atoms with Crippen molar-refractivity contribution in [3.8, 4) is 0 Å². The van der Waals surface area contributed by atoms with Gasteiger partial charge in [-0.3, -0.25) is 4.68 Å². The van der Waals surface area contributed by atoms with Crippen LogP contribution < -0.4 is 0 Å². The molecule has 0 bridgehead atoms. The third-order valence-corrected chi connectivity index (χ3v) is 4.67. The molecular formula is C11H20ClN3O3S. The number of aromatic nitrogens is 2. The number of hydrogen-bond acceptors (Lipinski definition) is 4. The third kappa shape index (κ3) is 4.76. The lowest BCUT2D eigenvalue weighted by Gasteiger charge is -2.15. The number of alkyl halides is 1. The van der Waals surface area contributed by atoms with Gasteiger partial charge in [0.25, 0.3) is 0 Å². The number of likely N-dealkylation sites (N-methyl/N-ethyl adjacent to an activating group) is 1. The zero-order chi connectivity index (χ0) is 14.3. The Labute approximate surface area is 119 Å². The van der Waals surface area contributed by atoms with Crippen LogP contribution in [0.3, 0.4) is 0 Å². The molecule has 110 valence electrons. The third-order valence-electron chi connectivity index (χ3n) is 2.59. The Balaban J connectivity index is 2.68. The van der Waals surface area contributed by atoms with Gasteiger partial charge in [-0.1, -0.05) is 0 Å². The first-order valence-electron chi connectivity index (χ1n) is 6.15. The highest BCUT2D eigenvalue weighted by Gasteiger charge is 2.22. The van der Waals surface area contributed by atoms with Crippen LogP contribution >= 0.6 is 11.6 Å². The Kier molecular flexibility index (Phi) is 6.78. The lowest BCUT2D eigenvalue weighted by molar-refractivity contribution is 0.138. The number of ether oxygens (including phenoxy) is 1. The maximum Gasteiger partial charge on any atom is 0.246 e. The molecule has 0 aliphatic carbocycles. The summed E-state index contributed by atoms with van der Waals surface area (Å²) in [5.74, 6) is 0.524. The molecule has 6 nitrogen and oxygen atoms in total. The molecule has 0 aromatic carbocycles. The molecule has 0 spiro atoms. The molecule has 0 amide bonds.